The fourth-order valence-corrected chi connectivity index (χ4v) is 2.41. The van der Waals surface area contributed by atoms with Gasteiger partial charge in [0.15, 0.2) is 0 Å². The highest BCUT2D eigenvalue weighted by Gasteiger charge is 2.04. The molecule has 0 radical (unpaired) electrons. The molecule has 0 heterocycles. The Morgan fingerprint density at radius 1 is 0.650 bits per heavy atom. The van der Waals surface area contributed by atoms with Crippen molar-refractivity contribution in [1.82, 2.24) is 0 Å². The lowest BCUT2D eigenvalue weighted by molar-refractivity contribution is 1.53. The van der Waals surface area contributed by atoms with Gasteiger partial charge in [-0.3, -0.25) is 0 Å². The Hall–Kier alpha value is -2.06. The summed E-state index contributed by atoms with van der Waals surface area (Å²) in [4.78, 5) is 0. The maximum Gasteiger partial charge on any atom is 0.0463 e. The van der Waals surface area contributed by atoms with Gasteiger partial charge in [-0.1, -0.05) is 64.5 Å². The van der Waals surface area contributed by atoms with Gasteiger partial charge in [-0.2, -0.15) is 0 Å². The Labute approximate surface area is 127 Å². The summed E-state index contributed by atoms with van der Waals surface area (Å²) in [6, 6.07) is 26.9. The van der Waals surface area contributed by atoms with Crippen LogP contribution in [0.2, 0.25) is 0 Å². The third-order valence-electron chi connectivity index (χ3n) is 3.14. The molecular weight excluding hydrogens is 310 g/mol. The van der Waals surface area contributed by atoms with Crippen molar-refractivity contribution in [2.24, 2.45) is 0 Å². The molecule has 0 saturated heterocycles. The predicted octanol–water partition coefficient (Wildman–Crippen LogP) is 5.86. The molecule has 20 heavy (non-hydrogen) atoms. The van der Waals surface area contributed by atoms with Gasteiger partial charge in [-0.15, -0.1) is 0 Å². The second-order valence-electron chi connectivity index (χ2n) is 4.54. The van der Waals surface area contributed by atoms with E-state index in [-0.39, 0.29) is 0 Å². The van der Waals surface area contributed by atoms with E-state index in [0.717, 1.165) is 15.8 Å². The number of nitrogens with one attached hydrogen (secondary N) is 1. The quantitative estimate of drug-likeness (QED) is 0.636. The normalized spacial score (nSPS) is 10.2. The number of rotatable bonds is 3. The third kappa shape index (κ3) is 2.91. The zero-order valence-electron chi connectivity index (χ0n) is 10.9. The molecule has 98 valence electrons. The number of para-hydroxylation sites is 2. The first-order chi connectivity index (χ1) is 9.83. The molecule has 0 fully saturated rings. The van der Waals surface area contributed by atoms with Crippen molar-refractivity contribution in [3.63, 3.8) is 0 Å². The van der Waals surface area contributed by atoms with Gasteiger partial charge in [0.1, 0.15) is 0 Å². The van der Waals surface area contributed by atoms with Gasteiger partial charge in [0.2, 0.25) is 0 Å². The lowest BCUT2D eigenvalue weighted by atomic mass is 10.0. The molecule has 3 rings (SSSR count). The molecule has 0 aromatic heterocycles. The van der Waals surface area contributed by atoms with E-state index >= 15 is 0 Å². The van der Waals surface area contributed by atoms with E-state index < -0.39 is 0 Å². The summed E-state index contributed by atoms with van der Waals surface area (Å²) in [7, 11) is 0. The van der Waals surface area contributed by atoms with Gasteiger partial charge in [0.05, 0.1) is 0 Å². The lowest BCUT2D eigenvalue weighted by Crippen LogP contribution is -1.92. The zero-order valence-corrected chi connectivity index (χ0v) is 12.5. The Morgan fingerprint density at radius 2 is 1.30 bits per heavy atom. The van der Waals surface area contributed by atoms with Crippen molar-refractivity contribution in [3.05, 3.63) is 83.3 Å². The smallest absolute Gasteiger partial charge is 0.0463 e. The molecule has 0 atom stereocenters. The minimum absolute atomic E-state index is 1.09. The van der Waals surface area contributed by atoms with Crippen LogP contribution >= 0.6 is 15.9 Å². The van der Waals surface area contributed by atoms with Crippen molar-refractivity contribution in [2.75, 3.05) is 5.32 Å². The van der Waals surface area contributed by atoms with Crippen LogP contribution < -0.4 is 5.32 Å². The molecule has 0 bridgehead atoms. The first-order valence-corrected chi connectivity index (χ1v) is 7.29. The van der Waals surface area contributed by atoms with E-state index in [1.807, 2.05) is 24.3 Å². The highest BCUT2D eigenvalue weighted by Crippen LogP contribution is 2.30. The van der Waals surface area contributed by atoms with Crippen LogP contribution in [-0.4, -0.2) is 0 Å². The molecule has 3 aromatic carbocycles. The summed E-state index contributed by atoms with van der Waals surface area (Å²) < 4.78 is 1.09. The molecule has 1 N–H and O–H groups in total. The molecule has 0 unspecified atom stereocenters. The summed E-state index contributed by atoms with van der Waals surface area (Å²) in [5.41, 5.74) is 4.61. The monoisotopic (exact) mass is 323 g/mol. The van der Waals surface area contributed by atoms with Gasteiger partial charge in [0.25, 0.3) is 0 Å². The van der Waals surface area contributed by atoms with Crippen LogP contribution in [0.5, 0.6) is 0 Å². The van der Waals surface area contributed by atoms with Crippen molar-refractivity contribution in [3.8, 4) is 11.1 Å². The summed E-state index contributed by atoms with van der Waals surface area (Å²) in [6.45, 7) is 0. The van der Waals surface area contributed by atoms with Gasteiger partial charge in [-0.05, 0) is 35.9 Å². The Balaban J connectivity index is 1.98. The van der Waals surface area contributed by atoms with Gasteiger partial charge in [-0.25, -0.2) is 0 Å². The number of hydrogen-bond donors (Lipinski definition) is 1. The van der Waals surface area contributed by atoms with Crippen molar-refractivity contribution in [1.29, 1.82) is 0 Å². The van der Waals surface area contributed by atoms with Crippen molar-refractivity contribution in [2.45, 2.75) is 0 Å². The molecule has 0 aliphatic rings. The maximum atomic E-state index is 3.47. The molecule has 2 heteroatoms. The minimum atomic E-state index is 1.09. The van der Waals surface area contributed by atoms with Gasteiger partial charge in [0, 0.05) is 21.4 Å². The average Bonchev–Trinajstić information content (AvgIpc) is 2.50. The van der Waals surface area contributed by atoms with Crippen LogP contribution in [0.25, 0.3) is 11.1 Å². The molecule has 0 amide bonds. The van der Waals surface area contributed by atoms with Crippen LogP contribution in [-0.2, 0) is 0 Å². The van der Waals surface area contributed by atoms with Crippen LogP contribution in [0, 0.1) is 0 Å². The van der Waals surface area contributed by atoms with Crippen LogP contribution in [0.4, 0.5) is 11.4 Å². The van der Waals surface area contributed by atoms with Crippen molar-refractivity contribution < 1.29 is 0 Å². The van der Waals surface area contributed by atoms with E-state index in [1.165, 1.54) is 11.1 Å². The van der Waals surface area contributed by atoms with Crippen LogP contribution in [0.3, 0.4) is 0 Å². The Morgan fingerprint density at radius 3 is 2.05 bits per heavy atom. The Kier molecular flexibility index (Phi) is 3.84. The summed E-state index contributed by atoms with van der Waals surface area (Å²) in [5, 5.41) is 3.47. The summed E-state index contributed by atoms with van der Waals surface area (Å²) >= 11 is 3.47. The third-order valence-corrected chi connectivity index (χ3v) is 3.66. The fraction of sp³-hybridized carbons (Fsp3) is 0. The van der Waals surface area contributed by atoms with Gasteiger partial charge < -0.3 is 5.32 Å². The zero-order chi connectivity index (χ0) is 13.8. The molecule has 3 aromatic rings. The average molecular weight is 324 g/mol. The number of benzene rings is 3. The first-order valence-electron chi connectivity index (χ1n) is 6.50. The largest absolute Gasteiger partial charge is 0.355 e. The molecule has 1 nitrogen and oxygen atoms in total. The molecule has 0 saturated carbocycles. The summed E-state index contributed by atoms with van der Waals surface area (Å²) in [5.74, 6) is 0. The van der Waals surface area contributed by atoms with Crippen LogP contribution in [0.1, 0.15) is 0 Å². The standard InChI is InChI=1S/C18H14BrN/c19-15-12-10-14(11-13-15)17-8-4-5-9-18(17)20-16-6-2-1-3-7-16/h1-13,20H. The van der Waals surface area contributed by atoms with E-state index in [0.29, 0.717) is 0 Å². The topological polar surface area (TPSA) is 12.0 Å². The van der Waals surface area contributed by atoms with Crippen molar-refractivity contribution >= 4 is 27.3 Å². The highest BCUT2D eigenvalue weighted by atomic mass is 79.9. The van der Waals surface area contributed by atoms with E-state index in [4.69, 9.17) is 0 Å². The second kappa shape index (κ2) is 5.93. The second-order valence-corrected chi connectivity index (χ2v) is 5.46. The predicted molar refractivity (Wildman–Crippen MR) is 89.3 cm³/mol. The first kappa shape index (κ1) is 12.9. The molecular formula is C18H14BrN. The molecule has 0 aliphatic heterocycles. The highest BCUT2D eigenvalue weighted by molar-refractivity contribution is 9.10. The van der Waals surface area contributed by atoms with Crippen LogP contribution in [0.15, 0.2) is 83.3 Å². The number of anilines is 2. The SMILES string of the molecule is Brc1ccc(-c2ccccc2Nc2ccccc2)cc1. The summed E-state index contributed by atoms with van der Waals surface area (Å²) in [6.07, 6.45) is 0. The Bertz CT molecular complexity index is 690. The number of hydrogen-bond acceptors (Lipinski definition) is 1. The fourth-order valence-electron chi connectivity index (χ4n) is 2.15. The molecule has 0 spiro atoms. The maximum absolute atomic E-state index is 3.47. The number of halogens is 1. The molecule has 0 aliphatic carbocycles. The van der Waals surface area contributed by atoms with E-state index in [9.17, 15) is 0 Å². The van der Waals surface area contributed by atoms with Gasteiger partial charge >= 0.3 is 0 Å². The minimum Gasteiger partial charge on any atom is -0.355 e. The van der Waals surface area contributed by atoms with E-state index in [1.54, 1.807) is 0 Å². The lowest BCUT2D eigenvalue weighted by Gasteiger charge is -2.12. The van der Waals surface area contributed by atoms with E-state index in [2.05, 4.69) is 75.8 Å².